The van der Waals surface area contributed by atoms with Gasteiger partial charge < -0.3 is 30.1 Å². The standard InChI is InChI=1S/C36H71NO6/c1-3-5-7-9-11-13-15-16-17-18-19-20-22-24-26-28-32(39)37(29-27-25-23-21-14-12-10-8-6-4-2)36-35(42)34(41)33(40)31(30-38)43-36/h31,33-36,38,40-42H,3-30H2,1-2H3/t31-,33-,34+,35+,36-/m1/s1. The summed E-state index contributed by atoms with van der Waals surface area (Å²) in [5.41, 5.74) is 0. The Morgan fingerprint density at radius 3 is 1.30 bits per heavy atom. The first-order chi connectivity index (χ1) is 21.0. The van der Waals surface area contributed by atoms with Gasteiger partial charge in [0.2, 0.25) is 5.91 Å². The summed E-state index contributed by atoms with van der Waals surface area (Å²) >= 11 is 0. The van der Waals surface area contributed by atoms with Crippen molar-refractivity contribution in [1.82, 2.24) is 4.90 Å². The number of rotatable bonds is 29. The summed E-state index contributed by atoms with van der Waals surface area (Å²) in [7, 11) is 0. The molecule has 1 fully saturated rings. The number of ether oxygens (including phenoxy) is 1. The molecule has 0 aromatic rings. The van der Waals surface area contributed by atoms with Crippen molar-refractivity contribution in [3.05, 3.63) is 0 Å². The van der Waals surface area contributed by atoms with E-state index in [0.717, 1.165) is 38.5 Å². The molecule has 4 N–H and O–H groups in total. The molecule has 7 nitrogen and oxygen atoms in total. The van der Waals surface area contributed by atoms with Crippen LogP contribution in [0, 0.1) is 0 Å². The van der Waals surface area contributed by atoms with E-state index >= 15 is 0 Å². The lowest BCUT2D eigenvalue weighted by Gasteiger charge is -2.44. The summed E-state index contributed by atoms with van der Waals surface area (Å²) < 4.78 is 5.78. The number of unbranched alkanes of at least 4 members (excludes halogenated alkanes) is 23. The summed E-state index contributed by atoms with van der Waals surface area (Å²) in [5, 5.41) is 40.9. The Balaban J connectivity index is 2.34. The highest BCUT2D eigenvalue weighted by molar-refractivity contribution is 5.76. The van der Waals surface area contributed by atoms with Gasteiger partial charge in [0.25, 0.3) is 0 Å². The van der Waals surface area contributed by atoms with Crippen LogP contribution in [0.3, 0.4) is 0 Å². The van der Waals surface area contributed by atoms with Gasteiger partial charge in [0.1, 0.15) is 24.4 Å². The van der Waals surface area contributed by atoms with Crippen LogP contribution in [-0.2, 0) is 9.53 Å². The van der Waals surface area contributed by atoms with E-state index in [1.165, 1.54) is 122 Å². The second kappa shape index (κ2) is 27.6. The molecule has 1 aliphatic heterocycles. The molecule has 1 aliphatic rings. The van der Waals surface area contributed by atoms with Gasteiger partial charge in [-0.3, -0.25) is 4.79 Å². The highest BCUT2D eigenvalue weighted by atomic mass is 16.6. The van der Waals surface area contributed by atoms with Crippen molar-refractivity contribution < 1.29 is 30.0 Å². The lowest BCUT2D eigenvalue weighted by Crippen LogP contribution is -2.64. The Bertz CT molecular complexity index is 633. The van der Waals surface area contributed by atoms with Crippen LogP contribution in [0.5, 0.6) is 0 Å². The second-order valence-corrected chi connectivity index (χ2v) is 13.2. The molecule has 0 aliphatic carbocycles. The maximum Gasteiger partial charge on any atom is 0.224 e. The van der Waals surface area contributed by atoms with E-state index < -0.39 is 37.3 Å². The Morgan fingerprint density at radius 1 is 0.535 bits per heavy atom. The largest absolute Gasteiger partial charge is 0.394 e. The SMILES string of the molecule is CCCCCCCCCCCCCCCCCC(=O)N(CCCCCCCCCCCC)[C@@H]1O[C@H](CO)[C@@H](O)[C@H](O)[C@@H]1O. The lowest BCUT2D eigenvalue weighted by molar-refractivity contribution is -0.262. The quantitative estimate of drug-likeness (QED) is 0.0641. The Hall–Kier alpha value is -0.730. The van der Waals surface area contributed by atoms with Gasteiger partial charge in [0.15, 0.2) is 6.23 Å². The molecule has 0 unspecified atom stereocenters. The molecule has 0 spiro atoms. The van der Waals surface area contributed by atoms with Crippen LogP contribution in [0.2, 0.25) is 0 Å². The minimum absolute atomic E-state index is 0.0880. The molecule has 1 amide bonds. The zero-order chi connectivity index (χ0) is 31.5. The molecule has 1 heterocycles. The zero-order valence-corrected chi connectivity index (χ0v) is 28.2. The Morgan fingerprint density at radius 2 is 0.907 bits per heavy atom. The van der Waals surface area contributed by atoms with Gasteiger partial charge in [0.05, 0.1) is 6.61 Å². The van der Waals surface area contributed by atoms with E-state index in [4.69, 9.17) is 4.74 Å². The number of carbonyl (C=O) groups excluding carboxylic acids is 1. The van der Waals surface area contributed by atoms with Gasteiger partial charge in [-0.1, -0.05) is 162 Å². The summed E-state index contributed by atoms with van der Waals surface area (Å²) in [6.07, 6.45) is 24.9. The van der Waals surface area contributed by atoms with Crippen molar-refractivity contribution in [2.75, 3.05) is 13.2 Å². The third-order valence-corrected chi connectivity index (χ3v) is 9.24. The van der Waals surface area contributed by atoms with E-state index in [1.807, 2.05) is 0 Å². The zero-order valence-electron chi connectivity index (χ0n) is 28.2. The van der Waals surface area contributed by atoms with Gasteiger partial charge >= 0.3 is 0 Å². The third-order valence-electron chi connectivity index (χ3n) is 9.24. The van der Waals surface area contributed by atoms with Gasteiger partial charge in [-0.15, -0.1) is 0 Å². The number of hydrogen-bond donors (Lipinski definition) is 4. The summed E-state index contributed by atoms with van der Waals surface area (Å²) in [4.78, 5) is 14.9. The van der Waals surface area contributed by atoms with Crippen LogP contribution in [0.4, 0.5) is 0 Å². The van der Waals surface area contributed by atoms with Crippen LogP contribution in [0.15, 0.2) is 0 Å². The van der Waals surface area contributed by atoms with Crippen molar-refractivity contribution in [1.29, 1.82) is 0 Å². The molecular formula is C36H71NO6. The number of aliphatic hydroxyl groups is 4. The molecule has 0 bridgehead atoms. The van der Waals surface area contributed by atoms with Crippen molar-refractivity contribution in [2.45, 2.75) is 211 Å². The molecule has 5 atom stereocenters. The number of carbonyl (C=O) groups is 1. The smallest absolute Gasteiger partial charge is 0.224 e. The fraction of sp³-hybridized carbons (Fsp3) is 0.972. The Labute approximate surface area is 265 Å². The number of aliphatic hydroxyl groups excluding tert-OH is 4. The molecule has 1 saturated heterocycles. The molecule has 1 rings (SSSR count). The van der Waals surface area contributed by atoms with Crippen molar-refractivity contribution in [3.63, 3.8) is 0 Å². The van der Waals surface area contributed by atoms with Crippen LogP contribution >= 0.6 is 0 Å². The average Bonchev–Trinajstić information content (AvgIpc) is 3.01. The average molecular weight is 614 g/mol. The second-order valence-electron chi connectivity index (χ2n) is 13.2. The predicted molar refractivity (Wildman–Crippen MR) is 177 cm³/mol. The third kappa shape index (κ3) is 18.7. The normalized spacial score (nSPS) is 22.2. The van der Waals surface area contributed by atoms with E-state index in [-0.39, 0.29) is 5.91 Å². The van der Waals surface area contributed by atoms with E-state index in [9.17, 15) is 25.2 Å². The number of amides is 1. The van der Waals surface area contributed by atoms with Gasteiger partial charge in [-0.2, -0.15) is 0 Å². The minimum atomic E-state index is -1.47. The van der Waals surface area contributed by atoms with E-state index in [0.29, 0.717) is 13.0 Å². The van der Waals surface area contributed by atoms with Crippen LogP contribution in [0.1, 0.15) is 181 Å². The van der Waals surface area contributed by atoms with E-state index in [1.54, 1.807) is 4.90 Å². The number of nitrogens with zero attached hydrogens (tertiary/aromatic N) is 1. The highest BCUT2D eigenvalue weighted by Gasteiger charge is 2.46. The fourth-order valence-electron chi connectivity index (χ4n) is 6.29. The minimum Gasteiger partial charge on any atom is -0.394 e. The Kier molecular flexibility index (Phi) is 25.8. The summed E-state index contributed by atoms with van der Waals surface area (Å²) in [6.45, 7) is 4.46. The molecule has 7 heteroatoms. The van der Waals surface area contributed by atoms with Gasteiger partial charge in [-0.05, 0) is 12.8 Å². The van der Waals surface area contributed by atoms with Gasteiger partial charge in [-0.25, -0.2) is 0 Å². The van der Waals surface area contributed by atoms with Crippen molar-refractivity contribution in [2.24, 2.45) is 0 Å². The van der Waals surface area contributed by atoms with Crippen molar-refractivity contribution in [3.8, 4) is 0 Å². The molecule has 256 valence electrons. The first-order valence-corrected chi connectivity index (χ1v) is 18.6. The highest BCUT2D eigenvalue weighted by Crippen LogP contribution is 2.25. The molecular weight excluding hydrogens is 542 g/mol. The maximum absolute atomic E-state index is 13.3. The van der Waals surface area contributed by atoms with Crippen LogP contribution in [-0.4, -0.2) is 75.0 Å². The lowest BCUT2D eigenvalue weighted by atomic mass is 9.97. The molecule has 0 aromatic heterocycles. The molecule has 0 radical (unpaired) electrons. The van der Waals surface area contributed by atoms with Crippen molar-refractivity contribution >= 4 is 5.91 Å². The number of hydrogen-bond acceptors (Lipinski definition) is 6. The topological polar surface area (TPSA) is 110 Å². The first kappa shape index (κ1) is 40.3. The summed E-state index contributed by atoms with van der Waals surface area (Å²) in [6, 6.07) is 0. The fourth-order valence-corrected chi connectivity index (χ4v) is 6.29. The molecule has 0 saturated carbocycles. The van der Waals surface area contributed by atoms with E-state index in [2.05, 4.69) is 13.8 Å². The molecule has 43 heavy (non-hydrogen) atoms. The van der Waals surface area contributed by atoms with Gasteiger partial charge in [0, 0.05) is 13.0 Å². The molecule has 0 aromatic carbocycles. The van der Waals surface area contributed by atoms with Crippen LogP contribution in [0.25, 0.3) is 0 Å². The monoisotopic (exact) mass is 614 g/mol. The maximum atomic E-state index is 13.3. The van der Waals surface area contributed by atoms with Crippen LogP contribution < -0.4 is 0 Å². The summed E-state index contributed by atoms with van der Waals surface area (Å²) in [5.74, 6) is -0.0880. The predicted octanol–water partition coefficient (Wildman–Crippen LogP) is 7.80. The first-order valence-electron chi connectivity index (χ1n) is 18.6.